The van der Waals surface area contributed by atoms with Gasteiger partial charge in [0.2, 0.25) is 5.91 Å². The highest BCUT2D eigenvalue weighted by molar-refractivity contribution is 5.99. The van der Waals surface area contributed by atoms with Crippen LogP contribution < -0.4 is 15.4 Å². The third-order valence-electron chi connectivity index (χ3n) is 6.16. The Hall–Kier alpha value is -5.04. The van der Waals surface area contributed by atoms with Crippen LogP contribution in [0.15, 0.2) is 72.8 Å². The first-order chi connectivity index (χ1) is 19.9. The number of methoxy groups -OCH3 is 1. The summed E-state index contributed by atoms with van der Waals surface area (Å²) in [5, 5.41) is 24.9. The van der Waals surface area contributed by atoms with Crippen LogP contribution in [0.5, 0.6) is 11.5 Å². The highest BCUT2D eigenvalue weighted by Gasteiger charge is 2.36. The first-order valence-corrected chi connectivity index (χ1v) is 13.4. The van der Waals surface area contributed by atoms with Gasteiger partial charge in [-0.1, -0.05) is 42.0 Å². The molecule has 10 nitrogen and oxygen atoms in total. The highest BCUT2D eigenvalue weighted by atomic mass is 16.6. The fourth-order valence-electron chi connectivity index (χ4n) is 4.29. The van der Waals surface area contributed by atoms with Gasteiger partial charge in [-0.15, -0.1) is 0 Å². The molecule has 0 aromatic heterocycles. The van der Waals surface area contributed by atoms with Crippen molar-refractivity contribution in [1.82, 2.24) is 10.2 Å². The third-order valence-corrected chi connectivity index (χ3v) is 6.16. The molecule has 0 fully saturated rings. The Bertz CT molecular complexity index is 1430. The number of hydrogen-bond acceptors (Lipinski definition) is 7. The van der Waals surface area contributed by atoms with E-state index in [4.69, 9.17) is 9.47 Å². The standard InChI is InChI=1S/C32H36N4O6/c1-21-7-6-8-23(19-21)28(29(38)34-24-11-15-26(41-5)16-12-24)36(18-17-33)30(39)27(35-31(40)42-32(2,3)4)20-22-9-13-25(37)14-10-22/h6-16,19,27-28,37H,18,20H2,1-5H3,(H,34,38)(H,35,40). The van der Waals surface area contributed by atoms with E-state index in [9.17, 15) is 24.8 Å². The van der Waals surface area contributed by atoms with Gasteiger partial charge in [-0.25, -0.2) is 4.79 Å². The number of aromatic hydroxyl groups is 1. The molecule has 42 heavy (non-hydrogen) atoms. The lowest BCUT2D eigenvalue weighted by Crippen LogP contribution is -2.53. The first kappa shape index (κ1) is 31.5. The number of carbonyl (C=O) groups is 3. The summed E-state index contributed by atoms with van der Waals surface area (Å²) in [5.41, 5.74) is 1.62. The zero-order valence-corrected chi connectivity index (χ0v) is 24.4. The van der Waals surface area contributed by atoms with Crippen LogP contribution in [0.2, 0.25) is 0 Å². The largest absolute Gasteiger partial charge is 0.508 e. The number of amides is 3. The number of nitriles is 1. The first-order valence-electron chi connectivity index (χ1n) is 13.4. The minimum absolute atomic E-state index is 0.0148. The van der Waals surface area contributed by atoms with E-state index in [1.807, 2.05) is 19.1 Å². The summed E-state index contributed by atoms with van der Waals surface area (Å²) < 4.78 is 10.6. The van der Waals surface area contributed by atoms with Gasteiger partial charge in [-0.2, -0.15) is 5.26 Å². The predicted molar refractivity (Wildman–Crippen MR) is 158 cm³/mol. The van der Waals surface area contributed by atoms with Gasteiger partial charge in [0.1, 0.15) is 35.7 Å². The number of carbonyl (C=O) groups excluding carboxylic acids is 3. The molecular formula is C32H36N4O6. The van der Waals surface area contributed by atoms with E-state index in [2.05, 4.69) is 10.6 Å². The normalized spacial score (nSPS) is 12.3. The highest BCUT2D eigenvalue weighted by Crippen LogP contribution is 2.26. The predicted octanol–water partition coefficient (Wildman–Crippen LogP) is 4.88. The van der Waals surface area contributed by atoms with Gasteiger partial charge in [0, 0.05) is 12.1 Å². The number of anilines is 1. The van der Waals surface area contributed by atoms with E-state index in [0.29, 0.717) is 22.6 Å². The number of nitrogens with one attached hydrogen (secondary N) is 2. The Morgan fingerprint density at radius 3 is 2.26 bits per heavy atom. The van der Waals surface area contributed by atoms with E-state index in [0.717, 1.165) is 10.5 Å². The number of benzene rings is 3. The molecule has 0 saturated carbocycles. The number of phenols is 1. The molecular weight excluding hydrogens is 536 g/mol. The summed E-state index contributed by atoms with van der Waals surface area (Å²) in [6, 6.07) is 19.6. The van der Waals surface area contributed by atoms with E-state index >= 15 is 0 Å². The molecule has 3 amide bonds. The molecule has 0 saturated heterocycles. The zero-order chi connectivity index (χ0) is 30.9. The third kappa shape index (κ3) is 8.99. The average Bonchev–Trinajstić information content (AvgIpc) is 2.92. The van der Waals surface area contributed by atoms with Crippen LogP contribution >= 0.6 is 0 Å². The van der Waals surface area contributed by atoms with Gasteiger partial charge in [0.15, 0.2) is 0 Å². The maximum absolute atomic E-state index is 14.2. The molecule has 3 rings (SSSR count). The molecule has 0 aliphatic carbocycles. The van der Waals surface area contributed by atoms with E-state index in [1.165, 1.54) is 19.2 Å². The van der Waals surface area contributed by atoms with Crippen molar-refractivity contribution in [3.63, 3.8) is 0 Å². The van der Waals surface area contributed by atoms with Gasteiger partial charge in [0.05, 0.1) is 13.2 Å². The van der Waals surface area contributed by atoms with Crippen LogP contribution in [0.3, 0.4) is 0 Å². The second-order valence-electron chi connectivity index (χ2n) is 10.7. The lowest BCUT2D eigenvalue weighted by atomic mass is 9.99. The molecule has 0 bridgehead atoms. The number of alkyl carbamates (subject to hydrolysis) is 1. The Morgan fingerprint density at radius 1 is 1.02 bits per heavy atom. The molecule has 0 aliphatic heterocycles. The second kappa shape index (κ2) is 14.0. The molecule has 10 heteroatoms. The Morgan fingerprint density at radius 2 is 1.69 bits per heavy atom. The summed E-state index contributed by atoms with van der Waals surface area (Å²) in [7, 11) is 1.53. The van der Waals surface area contributed by atoms with Gasteiger partial charge in [-0.05, 0) is 75.2 Å². The molecule has 220 valence electrons. The summed E-state index contributed by atoms with van der Waals surface area (Å²) >= 11 is 0. The number of hydrogen-bond donors (Lipinski definition) is 3. The van der Waals surface area contributed by atoms with Crippen molar-refractivity contribution >= 4 is 23.6 Å². The van der Waals surface area contributed by atoms with E-state index < -0.39 is 42.1 Å². The van der Waals surface area contributed by atoms with Crippen molar-refractivity contribution in [2.75, 3.05) is 19.0 Å². The minimum Gasteiger partial charge on any atom is -0.508 e. The summed E-state index contributed by atoms with van der Waals surface area (Å²) in [6.07, 6.45) is -0.813. The van der Waals surface area contributed by atoms with Crippen LogP contribution in [-0.4, -0.2) is 53.2 Å². The fourth-order valence-corrected chi connectivity index (χ4v) is 4.29. The van der Waals surface area contributed by atoms with Crippen molar-refractivity contribution in [1.29, 1.82) is 5.26 Å². The Kier molecular flexibility index (Phi) is 10.5. The molecule has 3 aromatic rings. The van der Waals surface area contributed by atoms with Gasteiger partial charge < -0.3 is 30.1 Å². The van der Waals surface area contributed by atoms with Crippen molar-refractivity contribution < 1.29 is 29.0 Å². The van der Waals surface area contributed by atoms with E-state index in [1.54, 1.807) is 75.4 Å². The number of ether oxygens (including phenoxy) is 2. The van der Waals surface area contributed by atoms with Gasteiger partial charge in [0.25, 0.3) is 5.91 Å². The summed E-state index contributed by atoms with van der Waals surface area (Å²) in [4.78, 5) is 42.0. The lowest BCUT2D eigenvalue weighted by Gasteiger charge is -2.33. The number of rotatable bonds is 10. The van der Waals surface area contributed by atoms with Crippen LogP contribution in [-0.2, 0) is 20.7 Å². The average molecular weight is 573 g/mol. The molecule has 0 radical (unpaired) electrons. The van der Waals surface area contributed by atoms with Gasteiger partial charge in [-0.3, -0.25) is 9.59 Å². The quantitative estimate of drug-likeness (QED) is 0.294. The molecule has 3 aromatic carbocycles. The molecule has 0 spiro atoms. The topological polar surface area (TPSA) is 141 Å². The summed E-state index contributed by atoms with van der Waals surface area (Å²) in [6.45, 7) is 6.51. The van der Waals surface area contributed by atoms with Crippen molar-refractivity contribution in [3.8, 4) is 17.6 Å². The van der Waals surface area contributed by atoms with Crippen LogP contribution in [0.1, 0.15) is 43.5 Å². The van der Waals surface area contributed by atoms with Crippen LogP contribution in [0.4, 0.5) is 10.5 Å². The molecule has 3 N–H and O–H groups in total. The lowest BCUT2D eigenvalue weighted by molar-refractivity contribution is -0.140. The maximum Gasteiger partial charge on any atom is 0.408 e. The molecule has 0 heterocycles. The molecule has 0 aliphatic rings. The molecule has 2 unspecified atom stereocenters. The number of phenolic OH excluding ortho intramolecular Hbond substituents is 1. The smallest absolute Gasteiger partial charge is 0.408 e. The summed E-state index contributed by atoms with van der Waals surface area (Å²) in [5.74, 6) is -0.556. The number of nitrogens with zero attached hydrogens (tertiary/aromatic N) is 2. The fraction of sp³-hybridized carbons (Fsp3) is 0.312. The Balaban J connectivity index is 2.03. The monoisotopic (exact) mass is 572 g/mol. The molecule has 2 atom stereocenters. The van der Waals surface area contributed by atoms with Gasteiger partial charge >= 0.3 is 6.09 Å². The van der Waals surface area contributed by atoms with Crippen molar-refractivity contribution in [3.05, 3.63) is 89.5 Å². The van der Waals surface area contributed by atoms with Crippen molar-refractivity contribution in [2.45, 2.75) is 51.8 Å². The van der Waals surface area contributed by atoms with Crippen LogP contribution in [0, 0.1) is 18.3 Å². The van der Waals surface area contributed by atoms with E-state index in [-0.39, 0.29) is 12.2 Å². The van der Waals surface area contributed by atoms with Crippen molar-refractivity contribution in [2.24, 2.45) is 0 Å². The second-order valence-corrected chi connectivity index (χ2v) is 10.7. The minimum atomic E-state index is -1.21. The SMILES string of the molecule is COc1ccc(NC(=O)C(c2cccc(C)c2)N(CC#N)C(=O)C(Cc2ccc(O)cc2)NC(=O)OC(C)(C)C)cc1. The zero-order valence-electron chi connectivity index (χ0n) is 24.4. The number of aryl methyl sites for hydroxylation is 1. The Labute approximate surface area is 245 Å². The van der Waals surface area contributed by atoms with Crippen LogP contribution in [0.25, 0.3) is 0 Å². The maximum atomic E-state index is 14.2.